The second kappa shape index (κ2) is 5.74. The van der Waals surface area contributed by atoms with E-state index in [4.69, 9.17) is 0 Å². The minimum atomic E-state index is -4.41. The summed E-state index contributed by atoms with van der Waals surface area (Å²) < 4.78 is 39.0. The van der Waals surface area contributed by atoms with E-state index in [1.165, 1.54) is 12.1 Å². The molecule has 1 aromatic carbocycles. The van der Waals surface area contributed by atoms with E-state index in [-0.39, 0.29) is 11.5 Å². The van der Waals surface area contributed by atoms with Gasteiger partial charge >= 0.3 is 6.18 Å². The van der Waals surface area contributed by atoms with E-state index in [1.54, 1.807) is 6.07 Å². The molecule has 1 aliphatic rings. The van der Waals surface area contributed by atoms with Crippen LogP contribution in [0, 0.1) is 5.92 Å². The number of alkyl halides is 3. The minimum absolute atomic E-state index is 0.0118. The molecular formula is C14H16F3NO. The van der Waals surface area contributed by atoms with Gasteiger partial charge in [-0.25, -0.2) is 0 Å². The highest BCUT2D eigenvalue weighted by atomic mass is 19.4. The lowest BCUT2D eigenvalue weighted by molar-refractivity contribution is -0.138. The SMILES string of the molecule is O=CC(c1ccccc1C(F)(F)F)C1CCNCC1. The van der Waals surface area contributed by atoms with Crippen molar-refractivity contribution in [3.63, 3.8) is 0 Å². The van der Waals surface area contributed by atoms with E-state index in [0.29, 0.717) is 6.29 Å². The fourth-order valence-electron chi connectivity index (χ4n) is 2.69. The highest BCUT2D eigenvalue weighted by Crippen LogP contribution is 2.38. The molecule has 1 N–H and O–H groups in total. The topological polar surface area (TPSA) is 29.1 Å². The number of piperidine rings is 1. The van der Waals surface area contributed by atoms with Crippen LogP contribution in [0.3, 0.4) is 0 Å². The van der Waals surface area contributed by atoms with Crippen molar-refractivity contribution >= 4 is 6.29 Å². The van der Waals surface area contributed by atoms with Gasteiger partial charge in [-0.1, -0.05) is 18.2 Å². The van der Waals surface area contributed by atoms with Gasteiger partial charge in [-0.3, -0.25) is 0 Å². The van der Waals surface area contributed by atoms with Crippen molar-refractivity contribution in [2.24, 2.45) is 5.92 Å². The van der Waals surface area contributed by atoms with Gasteiger partial charge < -0.3 is 10.1 Å². The van der Waals surface area contributed by atoms with E-state index < -0.39 is 17.7 Å². The Bertz CT molecular complexity index is 439. The summed E-state index contributed by atoms with van der Waals surface area (Å²) in [5.41, 5.74) is -0.581. The molecule has 0 saturated carbocycles. The summed E-state index contributed by atoms with van der Waals surface area (Å²) in [6, 6.07) is 5.38. The molecule has 19 heavy (non-hydrogen) atoms. The molecule has 0 aromatic heterocycles. The monoisotopic (exact) mass is 271 g/mol. The first-order valence-corrected chi connectivity index (χ1v) is 6.36. The highest BCUT2D eigenvalue weighted by molar-refractivity contribution is 5.64. The summed E-state index contributed by atoms with van der Waals surface area (Å²) >= 11 is 0. The molecule has 104 valence electrons. The molecule has 0 amide bonds. The van der Waals surface area contributed by atoms with Crippen LogP contribution in [0.25, 0.3) is 0 Å². The van der Waals surface area contributed by atoms with Gasteiger partial charge in [0.05, 0.1) is 5.56 Å². The number of hydrogen-bond acceptors (Lipinski definition) is 2. The van der Waals surface area contributed by atoms with Crippen molar-refractivity contribution in [2.75, 3.05) is 13.1 Å². The first-order chi connectivity index (χ1) is 9.04. The molecule has 1 unspecified atom stereocenters. The van der Waals surface area contributed by atoms with Gasteiger partial charge in [0.1, 0.15) is 6.29 Å². The summed E-state index contributed by atoms with van der Waals surface area (Å²) in [6.45, 7) is 1.51. The molecule has 0 spiro atoms. The summed E-state index contributed by atoms with van der Waals surface area (Å²) in [7, 11) is 0. The third-order valence-electron chi connectivity index (χ3n) is 3.66. The van der Waals surface area contributed by atoms with E-state index in [1.807, 2.05) is 0 Å². The summed E-state index contributed by atoms with van der Waals surface area (Å²) in [4.78, 5) is 11.3. The summed E-state index contributed by atoms with van der Waals surface area (Å²) in [5, 5.41) is 3.15. The van der Waals surface area contributed by atoms with Gasteiger partial charge in [-0.05, 0) is 43.5 Å². The van der Waals surface area contributed by atoms with Crippen molar-refractivity contribution in [3.05, 3.63) is 35.4 Å². The molecule has 1 fully saturated rings. The van der Waals surface area contributed by atoms with Crippen molar-refractivity contribution in [1.29, 1.82) is 0 Å². The molecule has 2 rings (SSSR count). The Kier molecular flexibility index (Phi) is 4.24. The van der Waals surface area contributed by atoms with Gasteiger partial charge in [0.25, 0.3) is 0 Å². The van der Waals surface area contributed by atoms with Crippen LogP contribution < -0.4 is 5.32 Å². The largest absolute Gasteiger partial charge is 0.416 e. The predicted molar refractivity (Wildman–Crippen MR) is 65.8 cm³/mol. The van der Waals surface area contributed by atoms with Gasteiger partial charge in [0, 0.05) is 5.92 Å². The Morgan fingerprint density at radius 3 is 2.42 bits per heavy atom. The van der Waals surface area contributed by atoms with Gasteiger partial charge in [-0.2, -0.15) is 13.2 Å². The fraction of sp³-hybridized carbons (Fsp3) is 0.500. The van der Waals surface area contributed by atoms with Crippen LogP contribution in [0.2, 0.25) is 0 Å². The molecule has 5 heteroatoms. The van der Waals surface area contributed by atoms with Crippen LogP contribution in [-0.4, -0.2) is 19.4 Å². The molecule has 1 aromatic rings. The zero-order chi connectivity index (χ0) is 13.9. The molecule has 0 radical (unpaired) electrons. The quantitative estimate of drug-likeness (QED) is 0.856. The maximum absolute atomic E-state index is 13.0. The number of aldehydes is 1. The molecule has 0 bridgehead atoms. The Morgan fingerprint density at radius 2 is 1.84 bits per heavy atom. The van der Waals surface area contributed by atoms with Crippen LogP contribution in [-0.2, 0) is 11.0 Å². The van der Waals surface area contributed by atoms with Crippen LogP contribution >= 0.6 is 0 Å². The van der Waals surface area contributed by atoms with Crippen LogP contribution in [0.4, 0.5) is 13.2 Å². The minimum Gasteiger partial charge on any atom is -0.317 e. The molecule has 2 nitrogen and oxygen atoms in total. The van der Waals surface area contributed by atoms with Crippen LogP contribution in [0.5, 0.6) is 0 Å². The number of carbonyl (C=O) groups excluding carboxylic acids is 1. The maximum Gasteiger partial charge on any atom is 0.416 e. The van der Waals surface area contributed by atoms with Gasteiger partial charge in [0.2, 0.25) is 0 Å². The van der Waals surface area contributed by atoms with Crippen molar-refractivity contribution in [1.82, 2.24) is 5.32 Å². The lowest BCUT2D eigenvalue weighted by atomic mass is 9.79. The molecule has 1 heterocycles. The number of carbonyl (C=O) groups is 1. The predicted octanol–water partition coefficient (Wildman–Crippen LogP) is 2.99. The van der Waals surface area contributed by atoms with E-state index >= 15 is 0 Å². The first-order valence-electron chi connectivity index (χ1n) is 6.36. The van der Waals surface area contributed by atoms with Crippen molar-refractivity contribution in [2.45, 2.75) is 24.9 Å². The standard InChI is InChI=1S/C14H16F3NO/c15-14(16,17)13-4-2-1-3-11(13)12(9-19)10-5-7-18-8-6-10/h1-4,9-10,12,18H,5-8H2. The molecule has 1 saturated heterocycles. The van der Waals surface area contributed by atoms with Crippen LogP contribution in [0.15, 0.2) is 24.3 Å². The molecule has 1 atom stereocenters. The number of rotatable bonds is 3. The molecule has 0 aliphatic carbocycles. The average molecular weight is 271 g/mol. The summed E-state index contributed by atoms with van der Waals surface area (Å²) in [6.07, 6.45) is -2.28. The normalized spacial score (nSPS) is 19.1. The smallest absolute Gasteiger partial charge is 0.317 e. The fourth-order valence-corrected chi connectivity index (χ4v) is 2.69. The van der Waals surface area contributed by atoms with E-state index in [0.717, 1.165) is 32.0 Å². The first kappa shape index (κ1) is 14.1. The highest BCUT2D eigenvalue weighted by Gasteiger charge is 2.36. The number of benzene rings is 1. The van der Waals surface area contributed by atoms with Gasteiger partial charge in [0.15, 0.2) is 0 Å². The number of hydrogen-bond donors (Lipinski definition) is 1. The van der Waals surface area contributed by atoms with E-state index in [2.05, 4.69) is 5.32 Å². The number of halogens is 3. The summed E-state index contributed by atoms with van der Waals surface area (Å²) in [5.74, 6) is -0.679. The Hall–Kier alpha value is -1.36. The molecular weight excluding hydrogens is 255 g/mol. The molecule has 1 aliphatic heterocycles. The maximum atomic E-state index is 13.0. The third kappa shape index (κ3) is 3.15. The van der Waals surface area contributed by atoms with Crippen molar-refractivity contribution < 1.29 is 18.0 Å². The van der Waals surface area contributed by atoms with E-state index in [9.17, 15) is 18.0 Å². The zero-order valence-corrected chi connectivity index (χ0v) is 10.4. The van der Waals surface area contributed by atoms with Crippen molar-refractivity contribution in [3.8, 4) is 0 Å². The average Bonchev–Trinajstić information content (AvgIpc) is 2.40. The van der Waals surface area contributed by atoms with Crippen LogP contribution in [0.1, 0.15) is 29.9 Å². The Morgan fingerprint density at radius 1 is 1.21 bits per heavy atom. The second-order valence-electron chi connectivity index (χ2n) is 4.83. The lowest BCUT2D eigenvalue weighted by Gasteiger charge is -2.29. The Balaban J connectivity index is 2.35. The second-order valence-corrected chi connectivity index (χ2v) is 4.83. The zero-order valence-electron chi connectivity index (χ0n) is 10.4. The number of nitrogens with one attached hydrogen (secondary N) is 1. The van der Waals surface area contributed by atoms with Gasteiger partial charge in [-0.15, -0.1) is 0 Å². The third-order valence-corrected chi connectivity index (χ3v) is 3.66. The lowest BCUT2D eigenvalue weighted by Crippen LogP contribution is -2.32. The Labute approximate surface area is 110 Å².